The Balaban J connectivity index is 2.38. The monoisotopic (exact) mass is 279 g/mol. The van der Waals surface area contributed by atoms with E-state index in [1.54, 1.807) is 0 Å². The van der Waals surface area contributed by atoms with Crippen molar-refractivity contribution in [2.75, 3.05) is 6.54 Å². The third-order valence-corrected chi connectivity index (χ3v) is 3.51. The predicted octanol–water partition coefficient (Wildman–Crippen LogP) is 3.64. The number of hydrogen-bond acceptors (Lipinski definition) is 2. The molecule has 1 heterocycles. The molecule has 0 aliphatic carbocycles. The van der Waals surface area contributed by atoms with E-state index in [0.717, 1.165) is 42.3 Å². The van der Waals surface area contributed by atoms with E-state index >= 15 is 0 Å². The van der Waals surface area contributed by atoms with Crippen LogP contribution >= 0.6 is 11.6 Å². The normalized spacial score (nSPS) is 13.1. The predicted molar refractivity (Wildman–Crippen MR) is 81.9 cm³/mol. The second kappa shape index (κ2) is 6.40. The van der Waals surface area contributed by atoms with Gasteiger partial charge in [0.2, 0.25) is 0 Å². The molecule has 0 spiro atoms. The van der Waals surface area contributed by atoms with E-state index in [2.05, 4.69) is 36.7 Å². The molecule has 104 valence electrons. The van der Waals surface area contributed by atoms with E-state index in [-0.39, 0.29) is 0 Å². The summed E-state index contributed by atoms with van der Waals surface area (Å²) in [5.74, 6) is 1.15. The third-order valence-electron chi connectivity index (χ3n) is 3.28. The van der Waals surface area contributed by atoms with Gasteiger partial charge in [0.1, 0.15) is 5.82 Å². The van der Waals surface area contributed by atoms with Gasteiger partial charge in [-0.15, -0.1) is 0 Å². The zero-order valence-electron chi connectivity index (χ0n) is 11.9. The molecule has 0 fully saturated rings. The lowest BCUT2D eigenvalue weighted by Gasteiger charge is -2.13. The Morgan fingerprint density at radius 2 is 2.16 bits per heavy atom. The highest BCUT2D eigenvalue weighted by atomic mass is 35.5. The summed E-state index contributed by atoms with van der Waals surface area (Å²) in [7, 11) is 0. The minimum Gasteiger partial charge on any atom is -0.328 e. The Morgan fingerprint density at radius 3 is 2.84 bits per heavy atom. The number of halogens is 1. The van der Waals surface area contributed by atoms with Crippen LogP contribution in [0.5, 0.6) is 0 Å². The summed E-state index contributed by atoms with van der Waals surface area (Å²) in [6.45, 7) is 8.52. The highest BCUT2D eigenvalue weighted by Crippen LogP contribution is 2.21. The quantitative estimate of drug-likeness (QED) is 0.875. The van der Waals surface area contributed by atoms with Gasteiger partial charge in [-0.3, -0.25) is 0 Å². The Labute approximate surface area is 120 Å². The number of rotatable bonds is 6. The van der Waals surface area contributed by atoms with Gasteiger partial charge in [0, 0.05) is 24.0 Å². The Hall–Kier alpha value is -1.06. The molecular formula is C15H22ClN3. The van der Waals surface area contributed by atoms with Gasteiger partial charge in [-0.1, -0.05) is 25.4 Å². The molecule has 3 nitrogen and oxygen atoms in total. The van der Waals surface area contributed by atoms with E-state index in [9.17, 15) is 0 Å². The number of likely N-dealkylation sites (N-methyl/N-ethyl adjacent to an activating group) is 1. The zero-order chi connectivity index (χ0) is 13.8. The van der Waals surface area contributed by atoms with Gasteiger partial charge in [0.25, 0.3) is 0 Å². The molecule has 0 aliphatic rings. The number of hydrogen-bond donors (Lipinski definition) is 1. The third kappa shape index (κ3) is 3.28. The zero-order valence-corrected chi connectivity index (χ0v) is 12.7. The molecule has 0 saturated heterocycles. The summed E-state index contributed by atoms with van der Waals surface area (Å²) < 4.78 is 2.32. The van der Waals surface area contributed by atoms with Crippen molar-refractivity contribution in [2.45, 2.75) is 46.2 Å². The Morgan fingerprint density at radius 1 is 1.37 bits per heavy atom. The van der Waals surface area contributed by atoms with E-state index in [1.807, 2.05) is 12.1 Å². The number of aryl methyl sites for hydroxylation is 1. The molecule has 19 heavy (non-hydrogen) atoms. The van der Waals surface area contributed by atoms with Crippen LogP contribution in [0.25, 0.3) is 11.0 Å². The SMILES string of the molecule is CCCn1c(CC(C)NCC)nc2cc(Cl)ccc21. The van der Waals surface area contributed by atoms with Crippen LogP contribution in [0.2, 0.25) is 5.02 Å². The molecule has 1 atom stereocenters. The highest BCUT2D eigenvalue weighted by Gasteiger charge is 2.13. The molecule has 4 heteroatoms. The minimum atomic E-state index is 0.438. The molecule has 1 N–H and O–H groups in total. The summed E-state index contributed by atoms with van der Waals surface area (Å²) in [5.41, 5.74) is 2.18. The molecule has 1 aromatic heterocycles. The van der Waals surface area contributed by atoms with Crippen molar-refractivity contribution in [3.8, 4) is 0 Å². The molecule has 2 aromatic rings. The molecule has 0 saturated carbocycles. The average molecular weight is 280 g/mol. The first-order valence-electron chi connectivity index (χ1n) is 7.03. The maximum Gasteiger partial charge on any atom is 0.111 e. The van der Waals surface area contributed by atoms with Crippen molar-refractivity contribution in [1.82, 2.24) is 14.9 Å². The highest BCUT2D eigenvalue weighted by molar-refractivity contribution is 6.31. The first-order valence-corrected chi connectivity index (χ1v) is 7.41. The standard InChI is InChI=1S/C15H22ClN3/c1-4-8-19-14-7-6-12(16)10-13(14)18-15(19)9-11(3)17-5-2/h6-7,10-11,17H,4-5,8-9H2,1-3H3. The Bertz CT molecular complexity index is 548. The van der Waals surface area contributed by atoms with Gasteiger partial charge >= 0.3 is 0 Å². The van der Waals surface area contributed by atoms with Gasteiger partial charge in [-0.25, -0.2) is 4.98 Å². The van der Waals surface area contributed by atoms with Gasteiger partial charge in [0.05, 0.1) is 11.0 Å². The first-order chi connectivity index (χ1) is 9.15. The fourth-order valence-corrected chi connectivity index (χ4v) is 2.64. The van der Waals surface area contributed by atoms with Crippen molar-refractivity contribution in [3.05, 3.63) is 29.0 Å². The van der Waals surface area contributed by atoms with Crippen molar-refractivity contribution in [2.24, 2.45) is 0 Å². The lowest BCUT2D eigenvalue weighted by Crippen LogP contribution is -2.28. The summed E-state index contributed by atoms with van der Waals surface area (Å²) in [4.78, 5) is 4.75. The number of fused-ring (bicyclic) bond motifs is 1. The maximum absolute atomic E-state index is 6.05. The summed E-state index contributed by atoms with van der Waals surface area (Å²) in [5, 5.41) is 4.19. The molecule has 0 aliphatic heterocycles. The lowest BCUT2D eigenvalue weighted by molar-refractivity contribution is 0.532. The molecule has 0 amide bonds. The number of nitrogens with zero attached hydrogens (tertiary/aromatic N) is 2. The summed E-state index contributed by atoms with van der Waals surface area (Å²) >= 11 is 6.05. The minimum absolute atomic E-state index is 0.438. The summed E-state index contributed by atoms with van der Waals surface area (Å²) in [6, 6.07) is 6.40. The van der Waals surface area contributed by atoms with Crippen LogP contribution in [-0.4, -0.2) is 22.1 Å². The van der Waals surface area contributed by atoms with E-state index in [4.69, 9.17) is 16.6 Å². The van der Waals surface area contributed by atoms with Crippen LogP contribution in [-0.2, 0) is 13.0 Å². The smallest absolute Gasteiger partial charge is 0.111 e. The van der Waals surface area contributed by atoms with Gasteiger partial charge in [-0.05, 0) is 38.1 Å². The van der Waals surface area contributed by atoms with Crippen molar-refractivity contribution in [3.63, 3.8) is 0 Å². The second-order valence-electron chi connectivity index (χ2n) is 4.98. The van der Waals surface area contributed by atoms with E-state index in [1.165, 1.54) is 5.52 Å². The van der Waals surface area contributed by atoms with Crippen LogP contribution in [0.4, 0.5) is 0 Å². The fraction of sp³-hybridized carbons (Fsp3) is 0.533. The van der Waals surface area contributed by atoms with Crippen LogP contribution in [0.15, 0.2) is 18.2 Å². The number of imidazole rings is 1. The van der Waals surface area contributed by atoms with Gasteiger partial charge in [0.15, 0.2) is 0 Å². The van der Waals surface area contributed by atoms with Crippen LogP contribution in [0.3, 0.4) is 0 Å². The average Bonchev–Trinajstić information content (AvgIpc) is 2.67. The lowest BCUT2D eigenvalue weighted by atomic mass is 10.2. The molecular weight excluding hydrogens is 258 g/mol. The summed E-state index contributed by atoms with van der Waals surface area (Å²) in [6.07, 6.45) is 2.05. The second-order valence-corrected chi connectivity index (χ2v) is 5.41. The van der Waals surface area contributed by atoms with E-state index < -0.39 is 0 Å². The molecule has 1 unspecified atom stereocenters. The molecule has 0 bridgehead atoms. The topological polar surface area (TPSA) is 29.9 Å². The molecule has 0 radical (unpaired) electrons. The number of nitrogens with one attached hydrogen (secondary N) is 1. The van der Waals surface area contributed by atoms with Gasteiger partial charge < -0.3 is 9.88 Å². The van der Waals surface area contributed by atoms with Gasteiger partial charge in [-0.2, -0.15) is 0 Å². The molecule has 1 aromatic carbocycles. The Kier molecular flexibility index (Phi) is 4.83. The van der Waals surface area contributed by atoms with Crippen LogP contribution < -0.4 is 5.32 Å². The van der Waals surface area contributed by atoms with Crippen molar-refractivity contribution >= 4 is 22.6 Å². The first kappa shape index (κ1) is 14.4. The number of aromatic nitrogens is 2. The van der Waals surface area contributed by atoms with Crippen molar-refractivity contribution in [1.29, 1.82) is 0 Å². The van der Waals surface area contributed by atoms with Crippen molar-refractivity contribution < 1.29 is 0 Å². The molecule has 2 rings (SSSR count). The van der Waals surface area contributed by atoms with E-state index in [0.29, 0.717) is 6.04 Å². The largest absolute Gasteiger partial charge is 0.328 e. The maximum atomic E-state index is 6.05. The van der Waals surface area contributed by atoms with Crippen LogP contribution in [0, 0.1) is 0 Å². The fourth-order valence-electron chi connectivity index (χ4n) is 2.48. The number of benzene rings is 1. The van der Waals surface area contributed by atoms with Crippen LogP contribution in [0.1, 0.15) is 33.0 Å².